The molecule has 158 valence electrons. The van der Waals surface area contributed by atoms with Crippen LogP contribution >= 0.6 is 24.0 Å². The molecule has 0 atom stereocenters. The predicted molar refractivity (Wildman–Crippen MR) is 129 cm³/mol. The molecule has 1 saturated heterocycles. The van der Waals surface area contributed by atoms with E-state index in [-0.39, 0.29) is 29.8 Å². The zero-order valence-electron chi connectivity index (χ0n) is 17.2. The summed E-state index contributed by atoms with van der Waals surface area (Å²) in [5, 5.41) is 6.90. The predicted octanol–water partition coefficient (Wildman–Crippen LogP) is 3.91. The van der Waals surface area contributed by atoms with Crippen LogP contribution in [0.1, 0.15) is 30.5 Å². The number of piperidine rings is 1. The monoisotopic (exact) mass is 511 g/mol. The van der Waals surface area contributed by atoms with Crippen LogP contribution in [0.5, 0.6) is 0 Å². The lowest BCUT2D eigenvalue weighted by molar-refractivity contribution is 0.459. The maximum absolute atomic E-state index is 13.2. The van der Waals surface area contributed by atoms with Gasteiger partial charge in [0.2, 0.25) is 0 Å². The van der Waals surface area contributed by atoms with Gasteiger partial charge in [-0.15, -0.1) is 24.0 Å². The number of nitrogens with one attached hydrogen (secondary N) is 2. The number of nitrogens with zero attached hydrogens (tertiary/aromatic N) is 3. The molecule has 1 aliphatic rings. The molecule has 5 nitrogen and oxygen atoms in total. The van der Waals surface area contributed by atoms with Crippen molar-refractivity contribution in [3.05, 3.63) is 59.5 Å². The highest BCUT2D eigenvalue weighted by atomic mass is 127. The van der Waals surface area contributed by atoms with E-state index < -0.39 is 0 Å². The van der Waals surface area contributed by atoms with Crippen LogP contribution in [0.25, 0.3) is 0 Å². The molecule has 2 aromatic rings. The molecule has 0 bridgehead atoms. The van der Waals surface area contributed by atoms with Gasteiger partial charge in [-0.3, -0.25) is 4.99 Å². The van der Waals surface area contributed by atoms with Gasteiger partial charge in [0.1, 0.15) is 11.6 Å². The van der Waals surface area contributed by atoms with E-state index in [4.69, 9.17) is 0 Å². The second-order valence-corrected chi connectivity index (χ2v) is 7.28. The zero-order valence-corrected chi connectivity index (χ0v) is 19.5. The van der Waals surface area contributed by atoms with E-state index in [1.54, 1.807) is 19.2 Å². The minimum atomic E-state index is -0.171. The number of halogens is 2. The highest BCUT2D eigenvalue weighted by Crippen LogP contribution is 2.18. The zero-order chi connectivity index (χ0) is 19.8. The van der Waals surface area contributed by atoms with Crippen LogP contribution in [0.4, 0.5) is 10.2 Å². The highest BCUT2D eigenvalue weighted by Gasteiger charge is 2.20. The molecular formula is C22H31FIN5. The molecule has 29 heavy (non-hydrogen) atoms. The van der Waals surface area contributed by atoms with Crippen LogP contribution in [0.3, 0.4) is 0 Å². The third kappa shape index (κ3) is 7.45. The summed E-state index contributed by atoms with van der Waals surface area (Å²) in [5.41, 5.74) is 2.09. The van der Waals surface area contributed by atoms with Gasteiger partial charge in [0.15, 0.2) is 5.96 Å². The largest absolute Gasteiger partial charge is 0.356 e. The van der Waals surface area contributed by atoms with Gasteiger partial charge >= 0.3 is 0 Å². The molecule has 1 aliphatic heterocycles. The summed E-state index contributed by atoms with van der Waals surface area (Å²) in [7, 11) is 1.80. The number of aromatic nitrogens is 1. The lowest BCUT2D eigenvalue weighted by Crippen LogP contribution is -2.49. The summed E-state index contributed by atoms with van der Waals surface area (Å²) < 4.78 is 13.2. The average molecular weight is 511 g/mol. The minimum Gasteiger partial charge on any atom is -0.356 e. The minimum absolute atomic E-state index is 0. The van der Waals surface area contributed by atoms with Crippen molar-refractivity contribution in [2.24, 2.45) is 4.99 Å². The fourth-order valence-corrected chi connectivity index (χ4v) is 3.54. The molecule has 0 radical (unpaired) electrons. The number of guanidine groups is 1. The third-order valence-electron chi connectivity index (χ3n) is 5.08. The first-order valence-electron chi connectivity index (χ1n) is 10.0. The number of anilines is 1. The van der Waals surface area contributed by atoms with Gasteiger partial charge in [-0.1, -0.05) is 18.2 Å². The Balaban J connectivity index is 0.00000300. The molecule has 1 fully saturated rings. The number of aryl methyl sites for hydroxylation is 2. The summed E-state index contributed by atoms with van der Waals surface area (Å²) in [4.78, 5) is 11.3. The second-order valence-electron chi connectivity index (χ2n) is 7.28. The highest BCUT2D eigenvalue weighted by molar-refractivity contribution is 14.0. The lowest BCUT2D eigenvalue weighted by Gasteiger charge is -2.34. The number of hydrogen-bond acceptors (Lipinski definition) is 3. The fraction of sp³-hybridized carbons (Fsp3) is 0.455. The first-order valence-corrected chi connectivity index (χ1v) is 10.0. The molecule has 0 spiro atoms. The van der Waals surface area contributed by atoms with Crippen molar-refractivity contribution in [2.45, 2.75) is 38.6 Å². The van der Waals surface area contributed by atoms with Gasteiger partial charge in [-0.05, 0) is 62.4 Å². The summed E-state index contributed by atoms with van der Waals surface area (Å²) in [5.74, 6) is 1.74. The van der Waals surface area contributed by atoms with Crippen molar-refractivity contribution in [3.63, 3.8) is 0 Å². The molecule has 7 heteroatoms. The summed E-state index contributed by atoms with van der Waals surface area (Å²) in [6.45, 7) is 4.82. The van der Waals surface area contributed by atoms with Crippen LogP contribution in [0.15, 0.2) is 47.5 Å². The number of rotatable bonds is 6. The lowest BCUT2D eigenvalue weighted by atomic mass is 10.1. The Hall–Kier alpha value is -1.90. The summed E-state index contributed by atoms with van der Waals surface area (Å²) in [6.07, 6.45) is 3.89. The molecule has 1 aromatic heterocycles. The normalized spacial score (nSPS) is 15.0. The van der Waals surface area contributed by atoms with Crippen molar-refractivity contribution in [1.29, 1.82) is 0 Å². The smallest absolute Gasteiger partial charge is 0.191 e. The van der Waals surface area contributed by atoms with Crippen LogP contribution < -0.4 is 15.5 Å². The molecule has 0 amide bonds. The third-order valence-corrected chi connectivity index (χ3v) is 5.08. The molecule has 3 rings (SSSR count). The Bertz CT molecular complexity index is 790. The molecule has 0 aliphatic carbocycles. The van der Waals surface area contributed by atoms with E-state index in [2.05, 4.69) is 37.6 Å². The Morgan fingerprint density at radius 3 is 2.66 bits per heavy atom. The van der Waals surface area contributed by atoms with Crippen LogP contribution in [0.2, 0.25) is 0 Å². The topological polar surface area (TPSA) is 52.6 Å². The van der Waals surface area contributed by atoms with E-state index in [1.807, 2.05) is 19.1 Å². The number of aliphatic imine (C=N–C) groups is 1. The molecule has 0 saturated carbocycles. The van der Waals surface area contributed by atoms with E-state index >= 15 is 0 Å². The van der Waals surface area contributed by atoms with Gasteiger partial charge in [-0.25, -0.2) is 9.37 Å². The van der Waals surface area contributed by atoms with Crippen LogP contribution in [-0.4, -0.2) is 43.7 Å². The fourth-order valence-electron chi connectivity index (χ4n) is 3.54. The first kappa shape index (κ1) is 23.4. The van der Waals surface area contributed by atoms with Crippen molar-refractivity contribution in [1.82, 2.24) is 15.6 Å². The average Bonchev–Trinajstić information content (AvgIpc) is 2.71. The standard InChI is InChI=1S/C22H30FN5.HI/c1-17-6-3-10-21(26-17)28-14-11-20(12-15-28)27-22(24-2)25-13-5-8-18-7-4-9-19(23)16-18;/h3-4,6-7,9-10,16,20H,5,8,11-15H2,1-2H3,(H2,24,25,27);1H. The Morgan fingerprint density at radius 2 is 1.97 bits per heavy atom. The molecule has 0 unspecified atom stereocenters. The van der Waals surface area contributed by atoms with Crippen LogP contribution in [-0.2, 0) is 6.42 Å². The summed E-state index contributed by atoms with van der Waals surface area (Å²) in [6, 6.07) is 13.4. The number of pyridine rings is 1. The molecule has 2 N–H and O–H groups in total. The Kier molecular flexibility index (Phi) is 9.63. The van der Waals surface area contributed by atoms with Gasteiger partial charge in [0, 0.05) is 38.4 Å². The first-order chi connectivity index (χ1) is 13.6. The second kappa shape index (κ2) is 11.9. The van der Waals surface area contributed by atoms with Crippen molar-refractivity contribution >= 4 is 35.8 Å². The van der Waals surface area contributed by atoms with Gasteiger partial charge < -0.3 is 15.5 Å². The Labute approximate surface area is 190 Å². The quantitative estimate of drug-likeness (QED) is 0.267. The van der Waals surface area contributed by atoms with E-state index in [1.165, 1.54) is 6.07 Å². The van der Waals surface area contributed by atoms with E-state index in [0.717, 1.165) is 68.4 Å². The van der Waals surface area contributed by atoms with Crippen molar-refractivity contribution < 1.29 is 4.39 Å². The van der Waals surface area contributed by atoms with Crippen LogP contribution in [0, 0.1) is 12.7 Å². The number of hydrogen-bond donors (Lipinski definition) is 2. The van der Waals surface area contributed by atoms with Crippen molar-refractivity contribution in [2.75, 3.05) is 31.6 Å². The van der Waals surface area contributed by atoms with E-state index in [9.17, 15) is 4.39 Å². The van der Waals surface area contributed by atoms with Crippen molar-refractivity contribution in [3.8, 4) is 0 Å². The SMILES string of the molecule is CN=C(NCCCc1cccc(F)c1)NC1CCN(c2cccc(C)n2)CC1.I. The molecule has 1 aromatic carbocycles. The maximum Gasteiger partial charge on any atom is 0.191 e. The number of benzene rings is 1. The van der Waals surface area contributed by atoms with Gasteiger partial charge in [-0.2, -0.15) is 0 Å². The Morgan fingerprint density at radius 1 is 1.21 bits per heavy atom. The van der Waals surface area contributed by atoms with Gasteiger partial charge in [0.25, 0.3) is 0 Å². The summed E-state index contributed by atoms with van der Waals surface area (Å²) >= 11 is 0. The molecule has 2 heterocycles. The molecular weight excluding hydrogens is 480 g/mol. The van der Waals surface area contributed by atoms with Gasteiger partial charge in [0.05, 0.1) is 0 Å². The van der Waals surface area contributed by atoms with E-state index in [0.29, 0.717) is 6.04 Å². The maximum atomic E-state index is 13.2.